The zero-order valence-electron chi connectivity index (χ0n) is 14.4. The van der Waals surface area contributed by atoms with E-state index in [1.54, 1.807) is 0 Å². The molecule has 0 amide bonds. The maximum Gasteiger partial charge on any atom is 0.390 e. The van der Waals surface area contributed by atoms with Crippen LogP contribution in [0.15, 0.2) is 35.3 Å². The largest absolute Gasteiger partial charge is 0.390 e. The summed E-state index contributed by atoms with van der Waals surface area (Å²) in [4.78, 5) is 4.46. The minimum Gasteiger partial charge on any atom is -0.357 e. The zero-order valence-corrected chi connectivity index (χ0v) is 16.7. The summed E-state index contributed by atoms with van der Waals surface area (Å²) in [7, 11) is 0. The fourth-order valence-electron chi connectivity index (χ4n) is 2.26. The third kappa shape index (κ3) is 9.34. The highest BCUT2D eigenvalue weighted by Crippen LogP contribution is 2.24. The molecule has 7 heteroatoms. The van der Waals surface area contributed by atoms with Crippen LogP contribution in [0.2, 0.25) is 0 Å². The van der Waals surface area contributed by atoms with Crippen LogP contribution < -0.4 is 10.6 Å². The molecule has 1 aromatic rings. The van der Waals surface area contributed by atoms with E-state index in [4.69, 9.17) is 0 Å². The van der Waals surface area contributed by atoms with Gasteiger partial charge in [0.25, 0.3) is 0 Å². The van der Waals surface area contributed by atoms with Gasteiger partial charge in [0.2, 0.25) is 0 Å². The maximum absolute atomic E-state index is 12.2. The van der Waals surface area contributed by atoms with Crippen molar-refractivity contribution in [3.05, 3.63) is 35.9 Å². The second-order valence-corrected chi connectivity index (χ2v) is 5.77. The Hall–Kier alpha value is -0.990. The molecule has 0 bridgehead atoms. The number of hydrogen-bond donors (Lipinski definition) is 2. The Kier molecular flexibility index (Phi) is 11.1. The normalized spacial score (nSPS) is 13.4. The summed E-state index contributed by atoms with van der Waals surface area (Å²) in [6, 6.07) is 10.1. The summed E-state index contributed by atoms with van der Waals surface area (Å²) >= 11 is 0. The lowest BCUT2D eigenvalue weighted by atomic mass is 9.88. The molecule has 1 atom stereocenters. The highest BCUT2D eigenvalue weighted by atomic mass is 127. The number of hydrogen-bond acceptors (Lipinski definition) is 1. The maximum atomic E-state index is 12.2. The van der Waals surface area contributed by atoms with Gasteiger partial charge in [0.1, 0.15) is 0 Å². The monoisotopic (exact) mass is 457 g/mol. The molecule has 138 valence electrons. The number of benzene rings is 1. The fourth-order valence-corrected chi connectivity index (χ4v) is 2.26. The molecule has 0 heterocycles. The molecule has 0 fully saturated rings. The van der Waals surface area contributed by atoms with Crippen LogP contribution in [-0.2, 0) is 0 Å². The average Bonchev–Trinajstić information content (AvgIpc) is 2.47. The first-order chi connectivity index (χ1) is 10.8. The van der Waals surface area contributed by atoms with E-state index in [2.05, 4.69) is 41.6 Å². The Bertz CT molecular complexity index is 476. The first-order valence-electron chi connectivity index (χ1n) is 7.97. The minimum atomic E-state index is -4.16. The van der Waals surface area contributed by atoms with E-state index in [1.165, 1.54) is 5.56 Å². The summed E-state index contributed by atoms with van der Waals surface area (Å²) in [5.41, 5.74) is 1.19. The van der Waals surface area contributed by atoms with Crippen LogP contribution in [0.4, 0.5) is 13.2 Å². The number of nitrogens with zero attached hydrogens (tertiary/aromatic N) is 1. The molecular formula is C17H27F3IN3. The molecule has 24 heavy (non-hydrogen) atoms. The van der Waals surface area contributed by atoms with Crippen LogP contribution in [0.3, 0.4) is 0 Å². The van der Waals surface area contributed by atoms with Crippen molar-refractivity contribution >= 4 is 29.9 Å². The standard InChI is InChI=1S/C17H26F3N3.HI/c1-4-21-16(22-11-10-17(18,19)20)23-12-15(13(2)3)14-8-6-5-7-9-14;/h5-9,13,15H,4,10-12H2,1-3H3,(H2,21,22,23);1H. The van der Waals surface area contributed by atoms with Crippen LogP contribution >= 0.6 is 24.0 Å². The molecule has 2 N–H and O–H groups in total. The number of rotatable bonds is 7. The van der Waals surface area contributed by atoms with Crippen molar-refractivity contribution in [3.8, 4) is 0 Å². The van der Waals surface area contributed by atoms with Gasteiger partial charge >= 0.3 is 6.18 Å². The molecule has 3 nitrogen and oxygen atoms in total. The predicted molar refractivity (Wildman–Crippen MR) is 104 cm³/mol. The highest BCUT2D eigenvalue weighted by Gasteiger charge is 2.26. The van der Waals surface area contributed by atoms with Gasteiger partial charge in [-0.3, -0.25) is 4.99 Å². The van der Waals surface area contributed by atoms with Crippen molar-refractivity contribution in [2.24, 2.45) is 10.9 Å². The number of alkyl halides is 3. The van der Waals surface area contributed by atoms with Gasteiger partial charge in [-0.2, -0.15) is 13.2 Å². The third-order valence-electron chi connectivity index (χ3n) is 3.52. The fraction of sp³-hybridized carbons (Fsp3) is 0.588. The average molecular weight is 457 g/mol. The molecule has 0 saturated heterocycles. The molecule has 1 unspecified atom stereocenters. The molecule has 0 aromatic heterocycles. The highest BCUT2D eigenvalue weighted by molar-refractivity contribution is 14.0. The summed E-state index contributed by atoms with van der Waals surface area (Å²) in [5.74, 6) is 1.05. The van der Waals surface area contributed by atoms with E-state index < -0.39 is 12.6 Å². The van der Waals surface area contributed by atoms with Gasteiger partial charge in [0.05, 0.1) is 6.42 Å². The first kappa shape index (κ1) is 23.0. The first-order valence-corrected chi connectivity index (χ1v) is 7.97. The quantitative estimate of drug-likeness (QED) is 0.358. The van der Waals surface area contributed by atoms with Crippen molar-refractivity contribution in [3.63, 3.8) is 0 Å². The van der Waals surface area contributed by atoms with Crippen LogP contribution in [0, 0.1) is 5.92 Å². The van der Waals surface area contributed by atoms with Gasteiger partial charge in [-0.15, -0.1) is 24.0 Å². The Morgan fingerprint density at radius 3 is 2.25 bits per heavy atom. The van der Waals surface area contributed by atoms with Crippen LogP contribution in [-0.4, -0.2) is 31.8 Å². The molecule has 0 aliphatic carbocycles. The van der Waals surface area contributed by atoms with E-state index in [1.807, 2.05) is 25.1 Å². The second-order valence-electron chi connectivity index (χ2n) is 5.77. The molecule has 0 aliphatic rings. The Morgan fingerprint density at radius 2 is 1.75 bits per heavy atom. The molecule has 1 rings (SSSR count). The van der Waals surface area contributed by atoms with Crippen molar-refractivity contribution in [1.29, 1.82) is 0 Å². The topological polar surface area (TPSA) is 36.4 Å². The molecule has 0 spiro atoms. The van der Waals surface area contributed by atoms with Gasteiger partial charge in [-0.1, -0.05) is 44.2 Å². The SMILES string of the molecule is CCNC(=NCC(c1ccccc1)C(C)C)NCCC(F)(F)F.I. The number of halogens is 4. The third-order valence-corrected chi connectivity index (χ3v) is 3.52. The van der Waals surface area contributed by atoms with E-state index >= 15 is 0 Å². The van der Waals surface area contributed by atoms with Crippen molar-refractivity contribution in [2.75, 3.05) is 19.6 Å². The molecular weight excluding hydrogens is 430 g/mol. The lowest BCUT2D eigenvalue weighted by Crippen LogP contribution is -2.39. The van der Waals surface area contributed by atoms with Gasteiger partial charge in [-0.05, 0) is 18.4 Å². The van der Waals surface area contributed by atoms with Crippen LogP contribution in [0.1, 0.15) is 38.7 Å². The minimum absolute atomic E-state index is 0. The lowest BCUT2D eigenvalue weighted by molar-refractivity contribution is -0.132. The Balaban J connectivity index is 0.00000529. The Morgan fingerprint density at radius 1 is 1.12 bits per heavy atom. The number of guanidine groups is 1. The van der Waals surface area contributed by atoms with Crippen LogP contribution in [0.25, 0.3) is 0 Å². The lowest BCUT2D eigenvalue weighted by Gasteiger charge is -2.20. The zero-order chi connectivity index (χ0) is 17.3. The smallest absolute Gasteiger partial charge is 0.357 e. The molecule has 0 aliphatic heterocycles. The second kappa shape index (κ2) is 11.5. The molecule has 0 radical (unpaired) electrons. The van der Waals surface area contributed by atoms with Crippen molar-refractivity contribution in [1.82, 2.24) is 10.6 Å². The number of nitrogens with one attached hydrogen (secondary N) is 2. The van der Waals surface area contributed by atoms with E-state index in [0.717, 1.165) is 0 Å². The van der Waals surface area contributed by atoms with E-state index in [9.17, 15) is 13.2 Å². The summed E-state index contributed by atoms with van der Waals surface area (Å²) in [6.07, 6.45) is -5.03. The molecule has 1 aromatic carbocycles. The Labute approximate surface area is 159 Å². The van der Waals surface area contributed by atoms with Gasteiger partial charge in [0, 0.05) is 25.6 Å². The van der Waals surface area contributed by atoms with Gasteiger partial charge < -0.3 is 10.6 Å². The molecule has 0 saturated carbocycles. The van der Waals surface area contributed by atoms with E-state index in [0.29, 0.717) is 25.0 Å². The summed E-state index contributed by atoms with van der Waals surface area (Å²) in [6.45, 7) is 7.10. The summed E-state index contributed by atoms with van der Waals surface area (Å²) < 4.78 is 36.7. The van der Waals surface area contributed by atoms with Gasteiger partial charge in [0.15, 0.2) is 5.96 Å². The predicted octanol–water partition coefficient (Wildman–Crippen LogP) is 4.55. The van der Waals surface area contributed by atoms with Crippen LogP contribution in [0.5, 0.6) is 0 Å². The summed E-state index contributed by atoms with van der Waals surface area (Å²) in [5, 5.41) is 5.73. The van der Waals surface area contributed by atoms with Crippen molar-refractivity contribution < 1.29 is 13.2 Å². The number of aliphatic imine (C=N–C) groups is 1. The van der Waals surface area contributed by atoms with Gasteiger partial charge in [-0.25, -0.2) is 0 Å². The van der Waals surface area contributed by atoms with Crippen molar-refractivity contribution in [2.45, 2.75) is 39.3 Å². The van der Waals surface area contributed by atoms with E-state index in [-0.39, 0.29) is 36.4 Å².